The Hall–Kier alpha value is -2.89. The predicted octanol–water partition coefficient (Wildman–Crippen LogP) is 2.97. The first-order valence-corrected chi connectivity index (χ1v) is 7.70. The molecule has 1 aliphatic heterocycles. The monoisotopic (exact) mass is 328 g/mol. The zero-order valence-electron chi connectivity index (χ0n) is 13.2. The molecule has 1 atom stereocenters. The summed E-state index contributed by atoms with van der Waals surface area (Å²) in [4.78, 5) is 25.9. The number of amides is 2. The Labute approximate surface area is 139 Å². The SMILES string of the molecule is CCOc1ccc(N2C(=O)C[C@@H](Nc3cccc(F)c3)C2=O)cc1. The molecule has 3 rings (SSSR count). The van der Waals surface area contributed by atoms with Crippen molar-refractivity contribution in [2.45, 2.75) is 19.4 Å². The zero-order chi connectivity index (χ0) is 17.1. The van der Waals surface area contributed by atoms with Crippen molar-refractivity contribution in [1.29, 1.82) is 0 Å². The maximum absolute atomic E-state index is 13.2. The number of nitrogens with one attached hydrogen (secondary N) is 1. The molecule has 6 heteroatoms. The quantitative estimate of drug-likeness (QED) is 0.857. The Kier molecular flexibility index (Phi) is 4.46. The summed E-state index contributed by atoms with van der Waals surface area (Å²) >= 11 is 0. The van der Waals surface area contributed by atoms with Crippen LogP contribution in [0.3, 0.4) is 0 Å². The maximum atomic E-state index is 13.2. The Morgan fingerprint density at radius 3 is 2.62 bits per heavy atom. The summed E-state index contributed by atoms with van der Waals surface area (Å²) in [5.74, 6) is -0.374. The van der Waals surface area contributed by atoms with Crippen molar-refractivity contribution in [3.8, 4) is 5.75 Å². The van der Waals surface area contributed by atoms with E-state index < -0.39 is 11.9 Å². The lowest BCUT2D eigenvalue weighted by Crippen LogP contribution is -2.34. The van der Waals surface area contributed by atoms with Crippen LogP contribution in [0, 0.1) is 5.82 Å². The third kappa shape index (κ3) is 3.22. The highest BCUT2D eigenvalue weighted by atomic mass is 19.1. The van der Waals surface area contributed by atoms with Gasteiger partial charge >= 0.3 is 0 Å². The van der Waals surface area contributed by atoms with Crippen LogP contribution in [0.25, 0.3) is 0 Å². The minimum absolute atomic E-state index is 0.0303. The van der Waals surface area contributed by atoms with Crippen LogP contribution in [0.2, 0.25) is 0 Å². The summed E-state index contributed by atoms with van der Waals surface area (Å²) in [5, 5.41) is 2.92. The first-order chi connectivity index (χ1) is 11.6. The van der Waals surface area contributed by atoms with Gasteiger partial charge in [0, 0.05) is 5.69 Å². The second-order valence-electron chi connectivity index (χ2n) is 5.41. The lowest BCUT2D eigenvalue weighted by atomic mass is 10.2. The van der Waals surface area contributed by atoms with E-state index in [0.29, 0.717) is 23.7 Å². The fourth-order valence-electron chi connectivity index (χ4n) is 2.65. The number of hydrogen-bond acceptors (Lipinski definition) is 4. The molecule has 0 unspecified atom stereocenters. The van der Waals surface area contributed by atoms with Gasteiger partial charge in [-0.15, -0.1) is 0 Å². The number of anilines is 2. The van der Waals surface area contributed by atoms with Gasteiger partial charge in [-0.2, -0.15) is 0 Å². The van der Waals surface area contributed by atoms with Crippen LogP contribution in [0.4, 0.5) is 15.8 Å². The standard InChI is InChI=1S/C18H17FN2O3/c1-2-24-15-8-6-14(7-9-15)21-17(22)11-16(18(21)23)20-13-5-3-4-12(19)10-13/h3-10,16,20H,2,11H2,1H3/t16-/m1/s1. The van der Waals surface area contributed by atoms with E-state index in [0.717, 1.165) is 4.90 Å². The van der Waals surface area contributed by atoms with Crippen LogP contribution in [-0.4, -0.2) is 24.5 Å². The molecule has 0 bridgehead atoms. The molecule has 1 N–H and O–H groups in total. The molecule has 1 heterocycles. The lowest BCUT2D eigenvalue weighted by molar-refractivity contribution is -0.121. The molecule has 0 saturated carbocycles. The number of imide groups is 1. The highest BCUT2D eigenvalue weighted by Crippen LogP contribution is 2.26. The van der Waals surface area contributed by atoms with Gasteiger partial charge in [0.15, 0.2) is 0 Å². The number of nitrogens with zero attached hydrogens (tertiary/aromatic N) is 1. The molecule has 0 aromatic heterocycles. The van der Waals surface area contributed by atoms with Crippen LogP contribution in [0.1, 0.15) is 13.3 Å². The average Bonchev–Trinajstić information content (AvgIpc) is 2.83. The van der Waals surface area contributed by atoms with Crippen molar-refractivity contribution in [3.63, 3.8) is 0 Å². The molecule has 2 aromatic rings. The summed E-state index contributed by atoms with van der Waals surface area (Å²) in [6.45, 7) is 2.42. The number of carbonyl (C=O) groups is 2. The molecule has 5 nitrogen and oxygen atoms in total. The minimum Gasteiger partial charge on any atom is -0.494 e. The normalized spacial score (nSPS) is 17.2. The lowest BCUT2D eigenvalue weighted by Gasteiger charge is -2.16. The van der Waals surface area contributed by atoms with Crippen molar-refractivity contribution >= 4 is 23.2 Å². The minimum atomic E-state index is -0.703. The van der Waals surface area contributed by atoms with E-state index in [4.69, 9.17) is 4.74 Å². The van der Waals surface area contributed by atoms with Gasteiger partial charge in [0.1, 0.15) is 17.6 Å². The van der Waals surface area contributed by atoms with Crippen molar-refractivity contribution in [2.75, 3.05) is 16.8 Å². The average molecular weight is 328 g/mol. The van der Waals surface area contributed by atoms with Gasteiger partial charge in [0.2, 0.25) is 5.91 Å². The molecule has 0 radical (unpaired) electrons. The Morgan fingerprint density at radius 1 is 1.21 bits per heavy atom. The van der Waals surface area contributed by atoms with E-state index in [2.05, 4.69) is 5.32 Å². The molecular formula is C18H17FN2O3. The van der Waals surface area contributed by atoms with E-state index in [1.807, 2.05) is 6.92 Å². The second-order valence-corrected chi connectivity index (χ2v) is 5.41. The van der Waals surface area contributed by atoms with Crippen LogP contribution in [0.15, 0.2) is 48.5 Å². The summed E-state index contributed by atoms with van der Waals surface area (Å²) in [5.41, 5.74) is 0.965. The van der Waals surface area contributed by atoms with Crippen molar-refractivity contribution in [2.24, 2.45) is 0 Å². The molecule has 0 aliphatic carbocycles. The fraction of sp³-hybridized carbons (Fsp3) is 0.222. The molecule has 2 amide bonds. The summed E-state index contributed by atoms with van der Waals surface area (Å²) in [7, 11) is 0. The molecule has 0 spiro atoms. The first-order valence-electron chi connectivity index (χ1n) is 7.70. The highest BCUT2D eigenvalue weighted by Gasteiger charge is 2.39. The third-order valence-electron chi connectivity index (χ3n) is 3.72. The number of carbonyl (C=O) groups excluding carboxylic acids is 2. The van der Waals surface area contributed by atoms with Crippen molar-refractivity contribution < 1.29 is 18.7 Å². The van der Waals surface area contributed by atoms with Gasteiger partial charge < -0.3 is 10.1 Å². The van der Waals surface area contributed by atoms with Gasteiger partial charge in [-0.3, -0.25) is 9.59 Å². The predicted molar refractivity (Wildman–Crippen MR) is 88.5 cm³/mol. The van der Waals surface area contributed by atoms with E-state index in [1.165, 1.54) is 12.1 Å². The molecule has 1 aliphatic rings. The smallest absolute Gasteiger partial charge is 0.256 e. The van der Waals surface area contributed by atoms with Crippen LogP contribution in [-0.2, 0) is 9.59 Å². The largest absolute Gasteiger partial charge is 0.494 e. The Morgan fingerprint density at radius 2 is 1.96 bits per heavy atom. The second kappa shape index (κ2) is 6.70. The van der Waals surface area contributed by atoms with Gasteiger partial charge in [0.05, 0.1) is 18.7 Å². The van der Waals surface area contributed by atoms with E-state index in [9.17, 15) is 14.0 Å². The summed E-state index contributed by atoms with van der Waals surface area (Å²) < 4.78 is 18.6. The van der Waals surface area contributed by atoms with Gasteiger partial charge in [-0.25, -0.2) is 9.29 Å². The van der Waals surface area contributed by atoms with Crippen LogP contribution in [0.5, 0.6) is 5.75 Å². The van der Waals surface area contributed by atoms with E-state index in [-0.39, 0.29) is 18.2 Å². The molecule has 24 heavy (non-hydrogen) atoms. The number of ether oxygens (including phenoxy) is 1. The number of benzene rings is 2. The number of hydrogen-bond donors (Lipinski definition) is 1. The van der Waals surface area contributed by atoms with Gasteiger partial charge in [-0.1, -0.05) is 6.07 Å². The Bertz CT molecular complexity index is 761. The highest BCUT2D eigenvalue weighted by molar-refractivity contribution is 6.23. The summed E-state index contributed by atoms with van der Waals surface area (Å²) in [6.07, 6.45) is 0.0303. The molecular weight excluding hydrogens is 311 g/mol. The van der Waals surface area contributed by atoms with Crippen molar-refractivity contribution in [3.05, 3.63) is 54.3 Å². The molecule has 124 valence electrons. The third-order valence-corrected chi connectivity index (χ3v) is 3.72. The Balaban J connectivity index is 1.76. The fourth-order valence-corrected chi connectivity index (χ4v) is 2.65. The molecule has 1 saturated heterocycles. The van der Waals surface area contributed by atoms with Gasteiger partial charge in [0.25, 0.3) is 5.91 Å². The van der Waals surface area contributed by atoms with Crippen LogP contribution < -0.4 is 15.0 Å². The maximum Gasteiger partial charge on any atom is 0.256 e. The van der Waals surface area contributed by atoms with E-state index >= 15 is 0 Å². The zero-order valence-corrected chi connectivity index (χ0v) is 13.2. The van der Waals surface area contributed by atoms with E-state index in [1.54, 1.807) is 36.4 Å². The molecule has 1 fully saturated rings. The van der Waals surface area contributed by atoms with Gasteiger partial charge in [-0.05, 0) is 49.4 Å². The topological polar surface area (TPSA) is 58.6 Å². The number of halogens is 1. The molecule has 2 aromatic carbocycles. The van der Waals surface area contributed by atoms with Crippen molar-refractivity contribution in [1.82, 2.24) is 0 Å². The number of rotatable bonds is 5. The van der Waals surface area contributed by atoms with Crippen LogP contribution >= 0.6 is 0 Å². The first kappa shape index (κ1) is 16.0. The summed E-state index contributed by atoms with van der Waals surface area (Å²) in [6, 6.07) is 11.9.